The standard InChI is InChI=1S/C19H29Cl2NO2/c1-3-4-5-10-22-11-8-15(19(14-22)23-2)9-12-24-16-6-7-17(20)18(21)13-16/h6-7,13,15,19H,3-5,8-12,14H2,1-2H3/t15?,19-/m0/s1. The molecule has 1 heterocycles. The molecule has 1 aliphatic heterocycles. The Balaban J connectivity index is 1.74. The van der Waals surface area contributed by atoms with Crippen LogP contribution in [0.5, 0.6) is 5.75 Å². The summed E-state index contributed by atoms with van der Waals surface area (Å²) in [6.07, 6.45) is 6.36. The summed E-state index contributed by atoms with van der Waals surface area (Å²) in [5, 5.41) is 1.09. The fourth-order valence-electron chi connectivity index (χ4n) is 3.31. The highest BCUT2D eigenvalue weighted by atomic mass is 35.5. The molecule has 136 valence electrons. The van der Waals surface area contributed by atoms with Crippen LogP contribution in [0.3, 0.4) is 0 Å². The van der Waals surface area contributed by atoms with Crippen LogP contribution in [0.1, 0.15) is 39.0 Å². The fraction of sp³-hybridized carbons (Fsp3) is 0.684. The van der Waals surface area contributed by atoms with Gasteiger partial charge in [0.05, 0.1) is 22.8 Å². The van der Waals surface area contributed by atoms with Gasteiger partial charge in [-0.05, 0) is 50.4 Å². The van der Waals surface area contributed by atoms with Crippen LogP contribution in [0.15, 0.2) is 18.2 Å². The molecule has 1 fully saturated rings. The second-order valence-electron chi connectivity index (χ2n) is 6.54. The Morgan fingerprint density at radius 1 is 1.21 bits per heavy atom. The first-order chi connectivity index (χ1) is 11.6. The average molecular weight is 374 g/mol. The molecule has 0 radical (unpaired) electrons. The van der Waals surface area contributed by atoms with Crippen molar-refractivity contribution >= 4 is 23.2 Å². The van der Waals surface area contributed by atoms with Crippen molar-refractivity contribution in [2.45, 2.75) is 45.1 Å². The summed E-state index contributed by atoms with van der Waals surface area (Å²) in [6.45, 7) is 6.33. The number of halogens is 2. The summed E-state index contributed by atoms with van der Waals surface area (Å²) in [4.78, 5) is 2.54. The quantitative estimate of drug-likeness (QED) is 0.548. The minimum Gasteiger partial charge on any atom is -0.494 e. The van der Waals surface area contributed by atoms with E-state index in [0.717, 1.165) is 18.7 Å². The Morgan fingerprint density at radius 2 is 2.04 bits per heavy atom. The van der Waals surface area contributed by atoms with Gasteiger partial charge in [-0.2, -0.15) is 0 Å². The van der Waals surface area contributed by atoms with E-state index in [9.17, 15) is 0 Å². The monoisotopic (exact) mass is 373 g/mol. The van der Waals surface area contributed by atoms with Crippen LogP contribution in [-0.2, 0) is 4.74 Å². The minimum absolute atomic E-state index is 0.304. The zero-order valence-electron chi connectivity index (χ0n) is 14.8. The van der Waals surface area contributed by atoms with Crippen molar-refractivity contribution in [2.75, 3.05) is 33.4 Å². The molecule has 0 amide bonds. The van der Waals surface area contributed by atoms with Crippen LogP contribution in [0.2, 0.25) is 10.0 Å². The molecular weight excluding hydrogens is 345 g/mol. The third-order valence-electron chi connectivity index (χ3n) is 4.81. The zero-order valence-corrected chi connectivity index (χ0v) is 16.3. The number of benzene rings is 1. The summed E-state index contributed by atoms with van der Waals surface area (Å²) >= 11 is 11.9. The van der Waals surface area contributed by atoms with Gasteiger partial charge in [-0.15, -0.1) is 0 Å². The molecule has 0 aromatic heterocycles. The predicted molar refractivity (Wildman–Crippen MR) is 101 cm³/mol. The van der Waals surface area contributed by atoms with E-state index in [-0.39, 0.29) is 0 Å². The van der Waals surface area contributed by atoms with Gasteiger partial charge in [0.15, 0.2) is 0 Å². The van der Waals surface area contributed by atoms with Crippen molar-refractivity contribution in [3.05, 3.63) is 28.2 Å². The van der Waals surface area contributed by atoms with Crippen LogP contribution in [0.4, 0.5) is 0 Å². The van der Waals surface area contributed by atoms with Crippen molar-refractivity contribution in [1.29, 1.82) is 0 Å². The van der Waals surface area contributed by atoms with Crippen LogP contribution in [-0.4, -0.2) is 44.4 Å². The van der Waals surface area contributed by atoms with Gasteiger partial charge in [0, 0.05) is 19.7 Å². The van der Waals surface area contributed by atoms with Gasteiger partial charge < -0.3 is 14.4 Å². The van der Waals surface area contributed by atoms with E-state index in [1.54, 1.807) is 12.1 Å². The molecule has 2 atom stereocenters. The van der Waals surface area contributed by atoms with Gasteiger partial charge >= 0.3 is 0 Å². The smallest absolute Gasteiger partial charge is 0.120 e. The maximum atomic E-state index is 6.02. The van der Waals surface area contributed by atoms with Crippen molar-refractivity contribution in [3.8, 4) is 5.75 Å². The van der Waals surface area contributed by atoms with Crippen LogP contribution in [0, 0.1) is 5.92 Å². The number of unbranched alkanes of at least 4 members (excludes halogenated alkanes) is 2. The third kappa shape index (κ3) is 6.11. The summed E-state index contributed by atoms with van der Waals surface area (Å²) in [7, 11) is 1.83. The first-order valence-corrected chi connectivity index (χ1v) is 9.72. The number of rotatable bonds is 9. The molecule has 0 saturated carbocycles. The summed E-state index contributed by atoms with van der Waals surface area (Å²) < 4.78 is 11.6. The molecule has 1 aliphatic rings. The number of nitrogens with zero attached hydrogens (tertiary/aromatic N) is 1. The predicted octanol–water partition coefficient (Wildman–Crippen LogP) is 5.29. The molecule has 3 nitrogen and oxygen atoms in total. The lowest BCUT2D eigenvalue weighted by atomic mass is 9.91. The van der Waals surface area contributed by atoms with Crippen molar-refractivity contribution < 1.29 is 9.47 Å². The minimum atomic E-state index is 0.304. The molecule has 0 aliphatic carbocycles. The molecule has 1 saturated heterocycles. The third-order valence-corrected chi connectivity index (χ3v) is 5.55. The number of hydrogen-bond donors (Lipinski definition) is 0. The molecule has 1 unspecified atom stereocenters. The molecule has 5 heteroatoms. The Bertz CT molecular complexity index is 498. The first kappa shape index (κ1) is 19.8. The van der Waals surface area contributed by atoms with Gasteiger partial charge in [0.2, 0.25) is 0 Å². The molecule has 24 heavy (non-hydrogen) atoms. The topological polar surface area (TPSA) is 21.7 Å². The summed E-state index contributed by atoms with van der Waals surface area (Å²) in [5.74, 6) is 1.33. The lowest BCUT2D eigenvalue weighted by Gasteiger charge is -2.37. The van der Waals surface area contributed by atoms with Crippen LogP contribution < -0.4 is 4.74 Å². The fourth-order valence-corrected chi connectivity index (χ4v) is 3.60. The van der Waals surface area contributed by atoms with E-state index in [1.165, 1.54) is 38.8 Å². The van der Waals surface area contributed by atoms with Gasteiger partial charge in [-0.1, -0.05) is 43.0 Å². The highest BCUT2D eigenvalue weighted by molar-refractivity contribution is 6.42. The van der Waals surface area contributed by atoms with Gasteiger partial charge in [0.25, 0.3) is 0 Å². The SMILES string of the molecule is CCCCCN1CCC(CCOc2ccc(Cl)c(Cl)c2)[C@@H](OC)C1. The van der Waals surface area contributed by atoms with Crippen molar-refractivity contribution in [3.63, 3.8) is 0 Å². The van der Waals surface area contributed by atoms with Crippen LogP contribution >= 0.6 is 23.2 Å². The number of piperidine rings is 1. The van der Waals surface area contributed by atoms with Crippen molar-refractivity contribution in [2.24, 2.45) is 5.92 Å². The van der Waals surface area contributed by atoms with E-state index < -0.39 is 0 Å². The number of ether oxygens (including phenoxy) is 2. The summed E-state index contributed by atoms with van der Waals surface area (Å²) in [5.41, 5.74) is 0. The maximum absolute atomic E-state index is 6.02. The van der Waals surface area contributed by atoms with Crippen LogP contribution in [0.25, 0.3) is 0 Å². The lowest BCUT2D eigenvalue weighted by molar-refractivity contribution is -0.0180. The Labute approximate surface area is 156 Å². The molecule has 0 bridgehead atoms. The zero-order chi connectivity index (χ0) is 17.4. The second-order valence-corrected chi connectivity index (χ2v) is 7.36. The van der Waals surface area contributed by atoms with E-state index >= 15 is 0 Å². The number of methoxy groups -OCH3 is 1. The van der Waals surface area contributed by atoms with E-state index in [0.29, 0.717) is 28.7 Å². The molecule has 2 rings (SSSR count). The molecule has 0 spiro atoms. The Morgan fingerprint density at radius 3 is 2.75 bits per heavy atom. The molecule has 1 aromatic rings. The van der Waals surface area contributed by atoms with Crippen molar-refractivity contribution in [1.82, 2.24) is 4.90 Å². The van der Waals surface area contributed by atoms with Gasteiger partial charge in [0.1, 0.15) is 5.75 Å². The van der Waals surface area contributed by atoms with Gasteiger partial charge in [-0.25, -0.2) is 0 Å². The molecule has 0 N–H and O–H groups in total. The highest BCUT2D eigenvalue weighted by Gasteiger charge is 2.28. The maximum Gasteiger partial charge on any atom is 0.120 e. The Kier molecular flexibility index (Phi) is 8.68. The highest BCUT2D eigenvalue weighted by Crippen LogP contribution is 2.28. The normalized spacial score (nSPS) is 21.8. The van der Waals surface area contributed by atoms with E-state index in [1.807, 2.05) is 13.2 Å². The average Bonchev–Trinajstić information content (AvgIpc) is 2.59. The number of hydrogen-bond acceptors (Lipinski definition) is 3. The second kappa shape index (κ2) is 10.5. The van der Waals surface area contributed by atoms with Gasteiger partial charge in [-0.3, -0.25) is 0 Å². The van der Waals surface area contributed by atoms with E-state index in [4.69, 9.17) is 32.7 Å². The Hall–Kier alpha value is -0.480. The molecule has 1 aromatic carbocycles. The molecular formula is C19H29Cl2NO2. The first-order valence-electron chi connectivity index (χ1n) is 8.97. The largest absolute Gasteiger partial charge is 0.494 e. The number of likely N-dealkylation sites (tertiary alicyclic amines) is 1. The summed E-state index contributed by atoms with van der Waals surface area (Å²) in [6, 6.07) is 5.40. The van der Waals surface area contributed by atoms with E-state index in [2.05, 4.69) is 11.8 Å². The lowest BCUT2D eigenvalue weighted by Crippen LogP contribution is -2.45.